The summed E-state index contributed by atoms with van der Waals surface area (Å²) in [5, 5.41) is 3.32. The van der Waals surface area contributed by atoms with Crippen LogP contribution in [0.4, 0.5) is 0 Å². The molecule has 0 saturated heterocycles. The maximum absolute atomic E-state index is 13.4. The summed E-state index contributed by atoms with van der Waals surface area (Å²) < 4.78 is 0. The third kappa shape index (κ3) is 3.56. The van der Waals surface area contributed by atoms with Crippen LogP contribution in [0.15, 0.2) is 42.5 Å². The molecule has 33 heavy (non-hydrogen) atoms. The van der Waals surface area contributed by atoms with E-state index in [1.165, 1.54) is 24.8 Å². The Bertz CT molecular complexity index is 942. The van der Waals surface area contributed by atoms with Crippen LogP contribution in [-0.2, 0) is 9.59 Å². The van der Waals surface area contributed by atoms with Crippen molar-refractivity contribution in [2.45, 2.75) is 71.3 Å². The van der Waals surface area contributed by atoms with Crippen molar-refractivity contribution in [3.8, 4) is 0 Å². The maximum atomic E-state index is 13.4. The number of fused-ring (bicyclic) bond motifs is 5. The number of hydrogen-bond acceptors (Lipinski definition) is 2. The zero-order valence-electron chi connectivity index (χ0n) is 20.7. The smallest absolute Gasteiger partial charge is 0.246 e. The molecule has 4 nitrogen and oxygen atoms in total. The van der Waals surface area contributed by atoms with Gasteiger partial charge in [0.25, 0.3) is 0 Å². The van der Waals surface area contributed by atoms with E-state index in [0.29, 0.717) is 36.3 Å². The topological polar surface area (TPSA) is 49.4 Å². The third-order valence-electron chi connectivity index (χ3n) is 10.4. The van der Waals surface area contributed by atoms with E-state index in [1.54, 1.807) is 0 Å². The molecule has 1 aliphatic heterocycles. The predicted octanol–water partition coefficient (Wildman–Crippen LogP) is 5.16. The van der Waals surface area contributed by atoms with E-state index in [9.17, 15) is 9.59 Å². The number of likely N-dealkylation sites (N-methyl/N-ethyl adjacent to an activating group) is 1. The molecule has 1 aromatic rings. The van der Waals surface area contributed by atoms with Crippen molar-refractivity contribution in [2.75, 3.05) is 13.6 Å². The SMILES string of the molecule is C[C@H](CNC(=O)C1CC[C@H]2[C@@H]3CCC4N(C)C(=O)C=C[C@]4(C)[C@@H]3CC[C@]12C)c1ccccc1. The van der Waals surface area contributed by atoms with Crippen molar-refractivity contribution in [3.63, 3.8) is 0 Å². The van der Waals surface area contributed by atoms with Crippen molar-refractivity contribution >= 4 is 11.8 Å². The molecule has 1 N–H and O–H groups in total. The summed E-state index contributed by atoms with van der Waals surface area (Å²) in [6, 6.07) is 10.8. The van der Waals surface area contributed by atoms with E-state index in [2.05, 4.69) is 56.4 Å². The summed E-state index contributed by atoms with van der Waals surface area (Å²) in [5.41, 5.74) is 1.45. The average Bonchev–Trinajstić information content (AvgIpc) is 3.18. The summed E-state index contributed by atoms with van der Waals surface area (Å²) in [6.07, 6.45) is 10.8. The molecule has 2 unspecified atom stereocenters. The van der Waals surface area contributed by atoms with Gasteiger partial charge in [-0.05, 0) is 79.3 Å². The quantitative estimate of drug-likeness (QED) is 0.691. The van der Waals surface area contributed by atoms with Crippen LogP contribution in [0.3, 0.4) is 0 Å². The fourth-order valence-corrected chi connectivity index (χ4v) is 8.45. The third-order valence-corrected chi connectivity index (χ3v) is 10.4. The van der Waals surface area contributed by atoms with Crippen molar-refractivity contribution in [2.24, 2.45) is 34.5 Å². The van der Waals surface area contributed by atoms with Crippen LogP contribution in [0.1, 0.15) is 70.8 Å². The first-order valence-corrected chi connectivity index (χ1v) is 13.0. The first-order chi connectivity index (χ1) is 15.8. The Labute approximate surface area is 199 Å². The Morgan fingerprint density at radius 3 is 2.61 bits per heavy atom. The van der Waals surface area contributed by atoms with Gasteiger partial charge in [0, 0.05) is 31.0 Å². The maximum Gasteiger partial charge on any atom is 0.246 e. The molecule has 3 fully saturated rings. The highest BCUT2D eigenvalue weighted by molar-refractivity contribution is 5.89. The summed E-state index contributed by atoms with van der Waals surface area (Å²) in [6.45, 7) is 7.70. The van der Waals surface area contributed by atoms with Crippen LogP contribution >= 0.6 is 0 Å². The van der Waals surface area contributed by atoms with Crippen molar-refractivity contribution in [1.29, 1.82) is 0 Å². The number of carbonyl (C=O) groups is 2. The van der Waals surface area contributed by atoms with Gasteiger partial charge in [-0.25, -0.2) is 0 Å². The Morgan fingerprint density at radius 2 is 1.85 bits per heavy atom. The van der Waals surface area contributed by atoms with Gasteiger partial charge in [-0.2, -0.15) is 0 Å². The number of nitrogens with one attached hydrogen (secondary N) is 1. The van der Waals surface area contributed by atoms with Gasteiger partial charge < -0.3 is 10.2 Å². The highest BCUT2D eigenvalue weighted by Gasteiger charge is 2.61. The summed E-state index contributed by atoms with van der Waals surface area (Å²) in [4.78, 5) is 27.7. The van der Waals surface area contributed by atoms with Gasteiger partial charge >= 0.3 is 0 Å². The molecule has 1 aromatic carbocycles. The summed E-state index contributed by atoms with van der Waals surface area (Å²) in [7, 11) is 1.98. The van der Waals surface area contributed by atoms with Gasteiger partial charge in [-0.3, -0.25) is 9.59 Å². The number of carbonyl (C=O) groups excluding carboxylic acids is 2. The lowest BCUT2D eigenvalue weighted by atomic mass is 9.47. The Morgan fingerprint density at radius 1 is 1.09 bits per heavy atom. The Hall–Kier alpha value is -2.10. The number of rotatable bonds is 4. The first-order valence-electron chi connectivity index (χ1n) is 13.0. The monoisotopic (exact) mass is 448 g/mol. The zero-order valence-corrected chi connectivity index (χ0v) is 20.7. The van der Waals surface area contributed by atoms with Gasteiger partial charge in [0.15, 0.2) is 0 Å². The molecule has 0 radical (unpaired) electrons. The fourth-order valence-electron chi connectivity index (χ4n) is 8.45. The lowest BCUT2D eigenvalue weighted by Crippen LogP contribution is -2.59. The molecular weight excluding hydrogens is 408 g/mol. The summed E-state index contributed by atoms with van der Waals surface area (Å²) >= 11 is 0. The van der Waals surface area contributed by atoms with E-state index in [0.717, 1.165) is 19.3 Å². The van der Waals surface area contributed by atoms with Crippen LogP contribution in [0.25, 0.3) is 0 Å². The highest BCUT2D eigenvalue weighted by atomic mass is 16.2. The van der Waals surface area contributed by atoms with E-state index in [1.807, 2.05) is 24.1 Å². The standard InChI is InChI=1S/C29H40N2O2/c1-19(20-8-6-5-7-9-20)18-30-27(33)24-12-11-22-21-10-13-25-29(3,17-15-26(32)31(25)4)23(21)14-16-28(22,24)2/h5-9,15,17,19,21-25H,10-14,16,18H2,1-4H3,(H,30,33)/t19-,21+,22+,23-,24?,25?,28+,29-/m1/s1. The van der Waals surface area contributed by atoms with E-state index >= 15 is 0 Å². The molecule has 3 saturated carbocycles. The zero-order chi connectivity index (χ0) is 23.4. The average molecular weight is 449 g/mol. The number of nitrogens with zero attached hydrogens (tertiary/aromatic N) is 1. The van der Waals surface area contributed by atoms with Gasteiger partial charge in [0.05, 0.1) is 0 Å². The van der Waals surface area contributed by atoms with E-state index < -0.39 is 0 Å². The normalized spacial score (nSPS) is 40.5. The van der Waals surface area contributed by atoms with Crippen LogP contribution < -0.4 is 5.32 Å². The molecule has 2 amide bonds. The molecule has 4 heteroatoms. The predicted molar refractivity (Wildman–Crippen MR) is 131 cm³/mol. The minimum Gasteiger partial charge on any atom is -0.355 e. The van der Waals surface area contributed by atoms with Crippen molar-refractivity contribution in [3.05, 3.63) is 48.0 Å². The van der Waals surface area contributed by atoms with Crippen LogP contribution in [0, 0.1) is 34.5 Å². The number of amides is 2. The fraction of sp³-hybridized carbons (Fsp3) is 0.655. The molecule has 0 aromatic heterocycles. The minimum atomic E-state index is 0.0678. The second-order valence-corrected chi connectivity index (χ2v) is 11.8. The van der Waals surface area contributed by atoms with Crippen LogP contribution in [-0.4, -0.2) is 36.3 Å². The molecular formula is C29H40N2O2. The molecule has 178 valence electrons. The van der Waals surface area contributed by atoms with Gasteiger partial charge in [-0.15, -0.1) is 0 Å². The van der Waals surface area contributed by atoms with E-state index in [4.69, 9.17) is 0 Å². The van der Waals surface area contributed by atoms with Gasteiger partial charge in [0.1, 0.15) is 0 Å². The molecule has 8 atom stereocenters. The lowest BCUT2D eigenvalue weighted by Gasteiger charge is -2.60. The van der Waals surface area contributed by atoms with Gasteiger partial charge in [-0.1, -0.05) is 57.2 Å². The van der Waals surface area contributed by atoms with E-state index in [-0.39, 0.29) is 28.6 Å². The van der Waals surface area contributed by atoms with Crippen molar-refractivity contribution < 1.29 is 9.59 Å². The highest BCUT2D eigenvalue weighted by Crippen LogP contribution is 2.65. The number of hydrogen-bond donors (Lipinski definition) is 1. The summed E-state index contributed by atoms with van der Waals surface area (Å²) in [5.74, 6) is 2.76. The molecule has 4 aliphatic rings. The molecule has 1 heterocycles. The Kier molecular flexibility index (Phi) is 5.69. The largest absolute Gasteiger partial charge is 0.355 e. The number of benzene rings is 1. The van der Waals surface area contributed by atoms with Crippen LogP contribution in [0.5, 0.6) is 0 Å². The molecule has 3 aliphatic carbocycles. The molecule has 5 rings (SSSR count). The van der Waals surface area contributed by atoms with Crippen molar-refractivity contribution in [1.82, 2.24) is 10.2 Å². The van der Waals surface area contributed by atoms with Gasteiger partial charge in [0.2, 0.25) is 11.8 Å². The Balaban J connectivity index is 1.29. The first kappa shape index (κ1) is 22.7. The molecule has 0 spiro atoms. The van der Waals surface area contributed by atoms with Crippen LogP contribution in [0.2, 0.25) is 0 Å². The second-order valence-electron chi connectivity index (χ2n) is 11.8. The second kappa shape index (κ2) is 8.29. The lowest BCUT2D eigenvalue weighted by molar-refractivity contribution is -0.142. The minimum absolute atomic E-state index is 0.0678. The molecule has 0 bridgehead atoms.